The minimum Gasteiger partial charge on any atom is -0.374 e. The first-order valence-corrected chi connectivity index (χ1v) is 7.65. The fourth-order valence-corrected chi connectivity index (χ4v) is 3.05. The second kappa shape index (κ2) is 7.67. The lowest BCUT2D eigenvalue weighted by Crippen LogP contribution is -2.34. The van der Waals surface area contributed by atoms with Gasteiger partial charge in [-0.05, 0) is 19.3 Å². The number of hydrogen-bond acceptors (Lipinski definition) is 1. The molecule has 0 aromatic carbocycles. The maximum atomic E-state index is 6.15. The molecular weight excluding hydrogens is 252 g/mol. The minimum atomic E-state index is 0.171. The van der Waals surface area contributed by atoms with Gasteiger partial charge < -0.3 is 4.74 Å². The summed E-state index contributed by atoms with van der Waals surface area (Å²) in [4.78, 5) is 0. The fourth-order valence-electron chi connectivity index (χ4n) is 2.33. The van der Waals surface area contributed by atoms with E-state index < -0.39 is 0 Å². The number of rotatable bonds is 6. The molecule has 15 heavy (non-hydrogen) atoms. The molecule has 0 amide bonds. The van der Waals surface area contributed by atoms with Crippen molar-refractivity contribution in [2.75, 3.05) is 11.9 Å². The van der Waals surface area contributed by atoms with Gasteiger partial charge >= 0.3 is 0 Å². The van der Waals surface area contributed by atoms with Crippen molar-refractivity contribution in [2.45, 2.75) is 70.3 Å². The van der Waals surface area contributed by atoms with E-state index in [0.29, 0.717) is 0 Å². The molecule has 0 atom stereocenters. The van der Waals surface area contributed by atoms with Crippen LogP contribution in [0.1, 0.15) is 64.7 Å². The second-order valence-electron chi connectivity index (χ2n) is 4.79. The molecule has 0 spiro atoms. The summed E-state index contributed by atoms with van der Waals surface area (Å²) in [6, 6.07) is 0. The predicted octanol–water partition coefficient (Wildman–Crippen LogP) is 4.68. The molecular formula is C13H25BrO. The third-order valence-corrected chi connectivity index (χ3v) is 4.44. The SMILES string of the molecule is CCCCCOC1(CBr)CCCCCC1. The number of unbranched alkanes of at least 4 members (excludes halogenated alkanes) is 2. The Morgan fingerprint density at radius 2 is 1.73 bits per heavy atom. The highest BCUT2D eigenvalue weighted by molar-refractivity contribution is 9.09. The molecule has 0 radical (unpaired) electrons. The van der Waals surface area contributed by atoms with Crippen molar-refractivity contribution < 1.29 is 4.74 Å². The number of alkyl halides is 1. The van der Waals surface area contributed by atoms with Crippen molar-refractivity contribution in [3.05, 3.63) is 0 Å². The molecule has 1 saturated carbocycles. The average molecular weight is 277 g/mol. The Hall–Kier alpha value is 0.440. The maximum absolute atomic E-state index is 6.15. The summed E-state index contributed by atoms with van der Waals surface area (Å²) >= 11 is 3.65. The quantitative estimate of drug-likeness (QED) is 0.389. The van der Waals surface area contributed by atoms with E-state index in [2.05, 4.69) is 22.9 Å². The standard InChI is InChI=1S/C13H25BrO/c1-2-3-8-11-15-13(12-14)9-6-4-5-7-10-13/h2-12H2,1H3. The van der Waals surface area contributed by atoms with Crippen LogP contribution >= 0.6 is 15.9 Å². The first kappa shape index (κ1) is 13.5. The third-order valence-electron chi connectivity index (χ3n) is 3.41. The first-order chi connectivity index (χ1) is 7.33. The molecule has 0 heterocycles. The molecule has 1 aliphatic carbocycles. The van der Waals surface area contributed by atoms with Crippen LogP contribution in [-0.2, 0) is 4.74 Å². The molecule has 90 valence electrons. The highest BCUT2D eigenvalue weighted by Gasteiger charge is 2.30. The Balaban J connectivity index is 2.29. The Bertz CT molecular complexity index is 151. The van der Waals surface area contributed by atoms with E-state index in [1.54, 1.807) is 0 Å². The zero-order valence-corrected chi connectivity index (χ0v) is 11.7. The van der Waals surface area contributed by atoms with Crippen LogP contribution in [0.4, 0.5) is 0 Å². The van der Waals surface area contributed by atoms with E-state index in [1.165, 1.54) is 57.8 Å². The molecule has 1 nitrogen and oxygen atoms in total. The smallest absolute Gasteiger partial charge is 0.0778 e. The van der Waals surface area contributed by atoms with E-state index in [1.807, 2.05) is 0 Å². The molecule has 2 heteroatoms. The Morgan fingerprint density at radius 3 is 2.27 bits per heavy atom. The van der Waals surface area contributed by atoms with Crippen molar-refractivity contribution in [2.24, 2.45) is 0 Å². The van der Waals surface area contributed by atoms with Crippen LogP contribution in [0.25, 0.3) is 0 Å². The fraction of sp³-hybridized carbons (Fsp3) is 1.00. The average Bonchev–Trinajstić information content (AvgIpc) is 2.51. The molecule has 0 aromatic rings. The first-order valence-electron chi connectivity index (χ1n) is 6.53. The van der Waals surface area contributed by atoms with E-state index in [-0.39, 0.29) is 5.60 Å². The van der Waals surface area contributed by atoms with Gasteiger partial charge in [0.1, 0.15) is 0 Å². The van der Waals surface area contributed by atoms with Crippen LogP contribution in [0.2, 0.25) is 0 Å². The predicted molar refractivity (Wildman–Crippen MR) is 69.7 cm³/mol. The van der Waals surface area contributed by atoms with E-state index in [4.69, 9.17) is 4.74 Å². The monoisotopic (exact) mass is 276 g/mol. The summed E-state index contributed by atoms with van der Waals surface area (Å²) in [6.07, 6.45) is 11.8. The maximum Gasteiger partial charge on any atom is 0.0778 e. The van der Waals surface area contributed by atoms with Crippen LogP contribution in [-0.4, -0.2) is 17.5 Å². The minimum absolute atomic E-state index is 0.171. The topological polar surface area (TPSA) is 9.23 Å². The Morgan fingerprint density at radius 1 is 1.07 bits per heavy atom. The van der Waals surface area contributed by atoms with Gasteiger partial charge in [-0.2, -0.15) is 0 Å². The molecule has 1 aliphatic rings. The van der Waals surface area contributed by atoms with Gasteiger partial charge in [0.15, 0.2) is 0 Å². The van der Waals surface area contributed by atoms with Gasteiger partial charge in [0.25, 0.3) is 0 Å². The Labute approximate surface area is 103 Å². The van der Waals surface area contributed by atoms with Crippen LogP contribution in [0.3, 0.4) is 0 Å². The van der Waals surface area contributed by atoms with Crippen LogP contribution < -0.4 is 0 Å². The molecule has 0 aliphatic heterocycles. The van der Waals surface area contributed by atoms with Crippen molar-refractivity contribution >= 4 is 15.9 Å². The molecule has 1 rings (SSSR count). The molecule has 0 bridgehead atoms. The molecule has 0 saturated heterocycles. The third kappa shape index (κ3) is 4.86. The van der Waals surface area contributed by atoms with Gasteiger partial charge in [-0.15, -0.1) is 0 Å². The molecule has 0 unspecified atom stereocenters. The zero-order valence-electron chi connectivity index (χ0n) is 10.1. The number of ether oxygens (including phenoxy) is 1. The Kier molecular flexibility index (Phi) is 6.91. The van der Waals surface area contributed by atoms with Crippen LogP contribution in [0.5, 0.6) is 0 Å². The lowest BCUT2D eigenvalue weighted by molar-refractivity contribution is -0.0388. The number of halogens is 1. The van der Waals surface area contributed by atoms with Gasteiger partial charge in [-0.25, -0.2) is 0 Å². The molecule has 0 aromatic heterocycles. The van der Waals surface area contributed by atoms with Crippen molar-refractivity contribution in [1.82, 2.24) is 0 Å². The van der Waals surface area contributed by atoms with Crippen molar-refractivity contribution in [1.29, 1.82) is 0 Å². The van der Waals surface area contributed by atoms with E-state index in [9.17, 15) is 0 Å². The van der Waals surface area contributed by atoms with Crippen LogP contribution in [0, 0.1) is 0 Å². The summed E-state index contributed by atoms with van der Waals surface area (Å²) in [5, 5.41) is 1.02. The highest BCUT2D eigenvalue weighted by Crippen LogP contribution is 2.32. The van der Waals surface area contributed by atoms with Gasteiger partial charge in [0.05, 0.1) is 5.60 Å². The lowest BCUT2D eigenvalue weighted by atomic mass is 9.97. The number of hydrogen-bond donors (Lipinski definition) is 0. The molecule has 1 fully saturated rings. The van der Waals surface area contributed by atoms with Gasteiger partial charge in [-0.1, -0.05) is 61.4 Å². The van der Waals surface area contributed by atoms with Gasteiger partial charge in [0, 0.05) is 11.9 Å². The summed E-state index contributed by atoms with van der Waals surface area (Å²) in [5.74, 6) is 0. The normalized spacial score (nSPS) is 21.2. The summed E-state index contributed by atoms with van der Waals surface area (Å²) in [6.45, 7) is 3.20. The summed E-state index contributed by atoms with van der Waals surface area (Å²) in [5.41, 5.74) is 0.171. The van der Waals surface area contributed by atoms with E-state index >= 15 is 0 Å². The van der Waals surface area contributed by atoms with Crippen LogP contribution in [0.15, 0.2) is 0 Å². The van der Waals surface area contributed by atoms with Crippen molar-refractivity contribution in [3.63, 3.8) is 0 Å². The highest BCUT2D eigenvalue weighted by atomic mass is 79.9. The lowest BCUT2D eigenvalue weighted by Gasteiger charge is -2.31. The zero-order chi connectivity index (χ0) is 11.0. The van der Waals surface area contributed by atoms with Gasteiger partial charge in [0.2, 0.25) is 0 Å². The van der Waals surface area contributed by atoms with Gasteiger partial charge in [-0.3, -0.25) is 0 Å². The summed E-state index contributed by atoms with van der Waals surface area (Å²) in [7, 11) is 0. The second-order valence-corrected chi connectivity index (χ2v) is 5.35. The largest absolute Gasteiger partial charge is 0.374 e. The molecule has 0 N–H and O–H groups in total. The van der Waals surface area contributed by atoms with E-state index in [0.717, 1.165) is 11.9 Å². The summed E-state index contributed by atoms with van der Waals surface area (Å²) < 4.78 is 6.15. The van der Waals surface area contributed by atoms with Crippen molar-refractivity contribution in [3.8, 4) is 0 Å².